The van der Waals surface area contributed by atoms with Crippen molar-refractivity contribution in [1.82, 2.24) is 4.90 Å². The number of hydrogen-bond acceptors (Lipinski definition) is 12. The van der Waals surface area contributed by atoms with Crippen LogP contribution >= 0.6 is 0 Å². The Labute approximate surface area is 385 Å². The zero-order valence-electron chi connectivity index (χ0n) is 41.5. The van der Waals surface area contributed by atoms with Crippen LogP contribution in [0.1, 0.15) is 126 Å². The number of ether oxygens (including phenoxy) is 5. The van der Waals surface area contributed by atoms with Crippen LogP contribution in [-0.4, -0.2) is 135 Å². The number of ketones is 1. The van der Waals surface area contributed by atoms with Gasteiger partial charge in [-0.1, -0.05) is 65.3 Å². The molecule has 3 heterocycles. The van der Waals surface area contributed by atoms with E-state index in [4.69, 9.17) is 28.1 Å². The van der Waals surface area contributed by atoms with Crippen LogP contribution in [0.5, 0.6) is 0 Å². The molecule has 3 fully saturated rings. The maximum absolute atomic E-state index is 14.5. The summed E-state index contributed by atoms with van der Waals surface area (Å²) in [5, 5.41) is 36.2. The molecule has 15 atom stereocenters. The molecule has 0 aromatic carbocycles. The summed E-state index contributed by atoms with van der Waals surface area (Å²) in [4.78, 5) is 44.2. The maximum atomic E-state index is 14.5. The minimum absolute atomic E-state index is 0.00721. The molecule has 14 heteroatoms. The number of fused-ring (bicyclic) bond motifs is 3. The maximum Gasteiger partial charge on any atom is 0.329 e. The van der Waals surface area contributed by atoms with E-state index in [1.807, 2.05) is 20.8 Å². The van der Waals surface area contributed by atoms with Gasteiger partial charge in [0.2, 0.25) is 5.79 Å². The van der Waals surface area contributed by atoms with E-state index >= 15 is 0 Å². The fraction of sp³-hybridized carbons (Fsp3) is 0.820. The highest BCUT2D eigenvalue weighted by atomic mass is 28.4. The van der Waals surface area contributed by atoms with Crippen LogP contribution in [0.3, 0.4) is 0 Å². The lowest BCUT2D eigenvalue weighted by Crippen LogP contribution is -2.64. The van der Waals surface area contributed by atoms with Gasteiger partial charge in [-0.05, 0) is 114 Å². The third-order valence-corrected chi connectivity index (χ3v) is 19.8. The predicted molar refractivity (Wildman–Crippen MR) is 250 cm³/mol. The summed E-state index contributed by atoms with van der Waals surface area (Å²) < 4.78 is 37.2. The topological polar surface area (TPSA) is 171 Å². The van der Waals surface area contributed by atoms with E-state index in [-0.39, 0.29) is 60.8 Å². The molecule has 0 aromatic rings. The normalized spacial score (nSPS) is 37.8. The smallest absolute Gasteiger partial charge is 0.329 e. The molecule has 2 bridgehead atoms. The van der Waals surface area contributed by atoms with Crippen LogP contribution in [0, 0.1) is 29.6 Å². The van der Waals surface area contributed by atoms with Gasteiger partial charge < -0.3 is 48.3 Å². The zero-order valence-corrected chi connectivity index (χ0v) is 42.5. The van der Waals surface area contributed by atoms with E-state index in [2.05, 4.69) is 59.5 Å². The molecule has 1 aliphatic carbocycles. The number of rotatable bonds is 11. The summed E-state index contributed by atoms with van der Waals surface area (Å²) in [6.45, 7) is 24.7. The molecule has 3 aliphatic heterocycles. The Hall–Kier alpha value is -2.27. The monoisotopic (exact) mass is 920 g/mol. The second kappa shape index (κ2) is 23.2. The van der Waals surface area contributed by atoms with Crippen LogP contribution in [0.4, 0.5) is 0 Å². The van der Waals surface area contributed by atoms with Crippen molar-refractivity contribution < 1.29 is 57.8 Å². The fourth-order valence-corrected chi connectivity index (χ4v) is 11.6. The van der Waals surface area contributed by atoms with Gasteiger partial charge in [0, 0.05) is 52.0 Å². The molecule has 366 valence electrons. The number of hydrogen-bond donors (Lipinski definition) is 3. The number of nitrogens with zero attached hydrogens (tertiary/aromatic N) is 1. The average Bonchev–Trinajstić information content (AvgIpc) is 3.24. The van der Waals surface area contributed by atoms with Crippen molar-refractivity contribution in [2.75, 3.05) is 27.9 Å². The number of methoxy groups -OCH3 is 3. The number of piperidine rings is 1. The Kier molecular flexibility index (Phi) is 19.7. The van der Waals surface area contributed by atoms with Crippen molar-refractivity contribution in [1.29, 1.82) is 0 Å². The highest BCUT2D eigenvalue weighted by Crippen LogP contribution is 2.42. The third-order valence-electron chi connectivity index (χ3n) is 15.3. The summed E-state index contributed by atoms with van der Waals surface area (Å²) >= 11 is 0. The van der Waals surface area contributed by atoms with E-state index in [1.165, 1.54) is 4.90 Å². The molecule has 64 heavy (non-hydrogen) atoms. The SMILES string of the molecule is C=CC[C@@H]1/C=C(\C)C[C@H](C)C[C@H](OC)[C@H]2O[C@@](O)(C(=O)C(=O)N3CCCC[C@H]3C(=O)O[C@H]([C@@H](C)[C@@H](O)/C(C)=C/[C@@H]3CC[C@@H](O[Si](C)(C)C(C)(C)C)[C@H](OC)C3)CC1O)[C@H](C)C[C@@H]2OC. The molecule has 13 nitrogen and oxygen atoms in total. The molecule has 4 rings (SSSR count). The first-order valence-electron chi connectivity index (χ1n) is 24.0. The second-order valence-corrected chi connectivity index (χ2v) is 26.1. The first-order chi connectivity index (χ1) is 29.9. The molecule has 2 saturated heterocycles. The van der Waals surface area contributed by atoms with Gasteiger partial charge in [0.05, 0.1) is 36.6 Å². The van der Waals surface area contributed by atoms with Crippen LogP contribution in [0.15, 0.2) is 36.0 Å². The van der Waals surface area contributed by atoms with E-state index in [1.54, 1.807) is 34.3 Å². The Morgan fingerprint density at radius 2 is 1.62 bits per heavy atom. The first-order valence-corrected chi connectivity index (χ1v) is 26.9. The fourth-order valence-electron chi connectivity index (χ4n) is 10.2. The Morgan fingerprint density at radius 1 is 0.984 bits per heavy atom. The first kappa shape index (κ1) is 54.3. The number of cyclic esters (lactones) is 1. The minimum atomic E-state index is -2.49. The molecule has 0 spiro atoms. The predicted octanol–water partition coefficient (Wildman–Crippen LogP) is 7.46. The number of allylic oxidation sites excluding steroid dienone is 3. The van der Waals surface area contributed by atoms with E-state index < -0.39 is 86.3 Å². The average molecular weight is 920 g/mol. The van der Waals surface area contributed by atoms with Gasteiger partial charge in [-0.2, -0.15) is 0 Å². The number of carbonyl (C=O) groups is 3. The lowest BCUT2D eigenvalue weighted by molar-refractivity contribution is -0.302. The van der Waals surface area contributed by atoms with Crippen molar-refractivity contribution in [3.05, 3.63) is 36.0 Å². The van der Waals surface area contributed by atoms with Gasteiger partial charge in [0.1, 0.15) is 18.2 Å². The molecule has 1 saturated carbocycles. The number of esters is 1. The molecule has 0 radical (unpaired) electrons. The number of aliphatic hydroxyl groups excluding tert-OH is 2. The third kappa shape index (κ3) is 13.0. The summed E-state index contributed by atoms with van der Waals surface area (Å²) in [5.74, 6) is -7.09. The van der Waals surface area contributed by atoms with Gasteiger partial charge in [0.25, 0.3) is 11.7 Å². The Balaban J connectivity index is 1.69. The van der Waals surface area contributed by atoms with Gasteiger partial charge in [-0.15, -0.1) is 6.58 Å². The van der Waals surface area contributed by atoms with Gasteiger partial charge in [-0.3, -0.25) is 9.59 Å². The minimum Gasteiger partial charge on any atom is -0.460 e. The quantitative estimate of drug-likeness (QED) is 0.0811. The molecule has 1 unspecified atom stereocenters. The van der Waals surface area contributed by atoms with Crippen molar-refractivity contribution in [3.8, 4) is 0 Å². The highest BCUT2D eigenvalue weighted by Gasteiger charge is 2.57. The van der Waals surface area contributed by atoms with E-state index in [0.717, 1.165) is 30.4 Å². The number of carbonyl (C=O) groups excluding carboxylic acids is 3. The Bertz CT molecular complexity index is 1640. The lowest BCUT2D eigenvalue weighted by Gasteiger charge is -2.47. The standard InChI is InChI=1S/C50H85NO12Si/c1-15-18-36-24-30(2)23-31(3)25-42(59-11)45-43(60-12)27-33(5)50(57,62-45)46(54)47(55)51-22-17-16-19-37(51)48(56)61-40(29-38(36)52)34(6)44(53)32(4)26-35-20-21-39(41(28-35)58-10)63-64(13,14)49(7,8)9/h15,24,26,31,33-45,52-53,57H,1,16-23,25,27-29H2,2-14H3/b30-24+,32-26+/t31-,33+,34+,35-,36+,37-,38?,39+,40-,41+,42-,43-,44-,45+,50+/m0/s1. The Morgan fingerprint density at radius 3 is 2.23 bits per heavy atom. The molecular formula is C50H85NO12Si. The van der Waals surface area contributed by atoms with Crippen molar-refractivity contribution in [3.63, 3.8) is 0 Å². The van der Waals surface area contributed by atoms with Crippen molar-refractivity contribution >= 4 is 26.0 Å². The van der Waals surface area contributed by atoms with Gasteiger partial charge in [0.15, 0.2) is 8.32 Å². The van der Waals surface area contributed by atoms with Crippen LogP contribution in [-0.2, 0) is 42.5 Å². The van der Waals surface area contributed by atoms with Crippen molar-refractivity contribution in [2.24, 2.45) is 29.6 Å². The number of Topliss-reactive ketones (excluding diaryl/α,β-unsaturated/α-hetero) is 1. The molecule has 1 amide bonds. The van der Waals surface area contributed by atoms with Crippen LogP contribution in [0.2, 0.25) is 18.1 Å². The van der Waals surface area contributed by atoms with Gasteiger partial charge in [-0.25, -0.2) is 4.79 Å². The molecule has 3 N–H and O–H groups in total. The van der Waals surface area contributed by atoms with E-state index in [9.17, 15) is 29.7 Å². The molecule has 4 aliphatic rings. The summed E-state index contributed by atoms with van der Waals surface area (Å²) in [7, 11) is 2.80. The highest BCUT2D eigenvalue weighted by molar-refractivity contribution is 6.74. The second-order valence-electron chi connectivity index (χ2n) is 21.3. The summed E-state index contributed by atoms with van der Waals surface area (Å²) in [5.41, 5.74) is 1.75. The van der Waals surface area contributed by atoms with Crippen molar-refractivity contribution in [2.45, 2.75) is 205 Å². The molecular weight excluding hydrogens is 835 g/mol. The van der Waals surface area contributed by atoms with Gasteiger partial charge >= 0.3 is 5.97 Å². The number of aliphatic hydroxyl groups is 3. The summed E-state index contributed by atoms with van der Waals surface area (Å²) in [6, 6.07) is -1.13. The number of amides is 1. The van der Waals surface area contributed by atoms with Crippen LogP contribution in [0.25, 0.3) is 0 Å². The summed E-state index contributed by atoms with van der Waals surface area (Å²) in [6.07, 6.45) is 6.48. The lowest BCUT2D eigenvalue weighted by atomic mass is 9.81. The molecule has 0 aromatic heterocycles. The van der Waals surface area contributed by atoms with Crippen LogP contribution < -0.4 is 0 Å². The zero-order chi connectivity index (χ0) is 47.9. The van der Waals surface area contributed by atoms with E-state index in [0.29, 0.717) is 32.1 Å². The largest absolute Gasteiger partial charge is 0.460 e.